The third kappa shape index (κ3) is 3.65. The highest BCUT2D eigenvalue weighted by atomic mass is 16.4. The summed E-state index contributed by atoms with van der Waals surface area (Å²) in [6.45, 7) is 5.76. The lowest BCUT2D eigenvalue weighted by Crippen LogP contribution is -2.35. The van der Waals surface area contributed by atoms with Gasteiger partial charge in [0.1, 0.15) is 0 Å². The molecule has 0 saturated carbocycles. The molecule has 0 aliphatic carbocycles. The van der Waals surface area contributed by atoms with E-state index < -0.39 is 17.3 Å². The van der Waals surface area contributed by atoms with Crippen LogP contribution in [-0.4, -0.2) is 31.7 Å². The van der Waals surface area contributed by atoms with Crippen LogP contribution in [0.3, 0.4) is 0 Å². The van der Waals surface area contributed by atoms with E-state index in [1.54, 1.807) is 0 Å². The molecule has 112 valence electrons. The molecule has 2 atom stereocenters. The van der Waals surface area contributed by atoms with Crippen molar-refractivity contribution in [3.05, 3.63) is 41.7 Å². The van der Waals surface area contributed by atoms with E-state index in [-0.39, 0.29) is 5.92 Å². The van der Waals surface area contributed by atoms with Gasteiger partial charge in [-0.1, -0.05) is 56.3 Å². The van der Waals surface area contributed by atoms with Gasteiger partial charge in [-0.2, -0.15) is 5.21 Å². The van der Waals surface area contributed by atoms with Crippen molar-refractivity contribution in [1.29, 1.82) is 0 Å². The predicted octanol–water partition coefficient (Wildman–Crippen LogP) is 2.27. The minimum Gasteiger partial charge on any atom is -0.481 e. The summed E-state index contributed by atoms with van der Waals surface area (Å²) in [5, 5.41) is 23.7. The number of tetrazole rings is 1. The fourth-order valence-corrected chi connectivity index (χ4v) is 2.70. The predicted molar refractivity (Wildman–Crippen MR) is 77.6 cm³/mol. The maximum Gasteiger partial charge on any atom is 0.307 e. The first-order valence-electron chi connectivity index (χ1n) is 6.89. The molecule has 6 heteroatoms. The number of carboxylic acids is 1. The molecule has 0 amide bonds. The summed E-state index contributed by atoms with van der Waals surface area (Å²) in [5.74, 6) is -1.33. The summed E-state index contributed by atoms with van der Waals surface area (Å²) in [6.07, 6.45) is 0.564. The third-order valence-electron chi connectivity index (χ3n) is 3.59. The maximum absolute atomic E-state index is 11.8. The van der Waals surface area contributed by atoms with Crippen LogP contribution in [0.1, 0.15) is 38.1 Å². The van der Waals surface area contributed by atoms with E-state index in [4.69, 9.17) is 0 Å². The Morgan fingerprint density at radius 3 is 2.43 bits per heavy atom. The second-order valence-corrected chi connectivity index (χ2v) is 6.25. The van der Waals surface area contributed by atoms with E-state index in [1.165, 1.54) is 0 Å². The van der Waals surface area contributed by atoms with E-state index >= 15 is 0 Å². The first-order chi connectivity index (χ1) is 9.89. The number of rotatable bonds is 5. The molecule has 21 heavy (non-hydrogen) atoms. The maximum atomic E-state index is 11.8. The van der Waals surface area contributed by atoms with Crippen LogP contribution in [0, 0.1) is 11.3 Å². The highest BCUT2D eigenvalue weighted by Gasteiger charge is 2.40. The first-order valence-corrected chi connectivity index (χ1v) is 6.89. The Labute approximate surface area is 123 Å². The molecular weight excluding hydrogens is 268 g/mol. The second kappa shape index (κ2) is 6.03. The van der Waals surface area contributed by atoms with Gasteiger partial charge in [-0.15, -0.1) is 10.2 Å². The number of aromatic nitrogens is 4. The number of carboxylic acid groups (broad SMARTS) is 1. The Bertz CT molecular complexity index is 575. The number of carbonyl (C=O) groups is 1. The Morgan fingerprint density at radius 2 is 1.95 bits per heavy atom. The molecule has 2 N–H and O–H groups in total. The molecular formula is C15H20N4O2. The number of H-pyrrole nitrogens is 1. The van der Waals surface area contributed by atoms with Gasteiger partial charge in [0.15, 0.2) is 5.82 Å². The number of aliphatic carboxylic acids is 1. The lowest BCUT2D eigenvalue weighted by atomic mass is 9.71. The molecule has 1 heterocycles. The van der Waals surface area contributed by atoms with Crippen molar-refractivity contribution in [2.45, 2.75) is 33.1 Å². The van der Waals surface area contributed by atoms with Crippen LogP contribution >= 0.6 is 0 Å². The van der Waals surface area contributed by atoms with E-state index in [0.717, 1.165) is 5.56 Å². The van der Waals surface area contributed by atoms with Crippen LogP contribution in [0.15, 0.2) is 30.3 Å². The smallest absolute Gasteiger partial charge is 0.307 e. The minimum absolute atomic E-state index is 0.330. The largest absolute Gasteiger partial charge is 0.481 e. The van der Waals surface area contributed by atoms with Crippen molar-refractivity contribution in [3.63, 3.8) is 0 Å². The molecule has 0 fully saturated rings. The number of aromatic amines is 1. The molecule has 0 saturated heterocycles. The van der Waals surface area contributed by atoms with Crippen molar-refractivity contribution < 1.29 is 9.90 Å². The van der Waals surface area contributed by atoms with Gasteiger partial charge in [0.25, 0.3) is 0 Å². The summed E-state index contributed by atoms with van der Waals surface area (Å²) in [4.78, 5) is 11.8. The normalized spacial score (nSPS) is 14.6. The molecule has 0 bridgehead atoms. The fourth-order valence-electron chi connectivity index (χ4n) is 2.70. The molecule has 0 aliphatic rings. The topological polar surface area (TPSA) is 91.8 Å². The number of nitrogens with zero attached hydrogens (tertiary/aromatic N) is 3. The van der Waals surface area contributed by atoms with Gasteiger partial charge in [-0.25, -0.2) is 0 Å². The third-order valence-corrected chi connectivity index (χ3v) is 3.59. The quantitative estimate of drug-likeness (QED) is 0.880. The average molecular weight is 288 g/mol. The standard InChI is InChI=1S/C15H20N4O2/c1-15(2,3)12(14(20)21)11(13-16-18-19-17-13)9-10-7-5-4-6-8-10/h4-8,11-12H,9H2,1-3H3,(H,20,21)(H,16,17,18,19)/t11-,12-/m0/s1. The van der Waals surface area contributed by atoms with Crippen molar-refractivity contribution in [3.8, 4) is 0 Å². The number of hydrogen-bond donors (Lipinski definition) is 2. The van der Waals surface area contributed by atoms with Crippen molar-refractivity contribution in [2.75, 3.05) is 0 Å². The zero-order chi connectivity index (χ0) is 15.5. The SMILES string of the molecule is CC(C)(C)[C@H](C(=O)O)[C@H](Cc1ccccc1)c1nn[nH]n1. The number of benzene rings is 1. The van der Waals surface area contributed by atoms with Crippen LogP contribution in [0.5, 0.6) is 0 Å². The van der Waals surface area contributed by atoms with Crippen LogP contribution in [0.2, 0.25) is 0 Å². The first kappa shape index (κ1) is 15.2. The van der Waals surface area contributed by atoms with E-state index in [1.807, 2.05) is 51.1 Å². The molecule has 1 aromatic carbocycles. The molecule has 0 spiro atoms. The monoisotopic (exact) mass is 288 g/mol. The molecule has 2 rings (SSSR count). The summed E-state index contributed by atoms with van der Waals surface area (Å²) in [5.41, 5.74) is 0.647. The zero-order valence-electron chi connectivity index (χ0n) is 12.4. The second-order valence-electron chi connectivity index (χ2n) is 6.25. The van der Waals surface area contributed by atoms with Gasteiger partial charge >= 0.3 is 5.97 Å². The van der Waals surface area contributed by atoms with Gasteiger partial charge < -0.3 is 5.11 Å². The van der Waals surface area contributed by atoms with Gasteiger partial charge in [0.05, 0.1) is 5.92 Å². The lowest BCUT2D eigenvalue weighted by Gasteiger charge is -2.32. The van der Waals surface area contributed by atoms with E-state index in [0.29, 0.717) is 12.2 Å². The summed E-state index contributed by atoms with van der Waals surface area (Å²) >= 11 is 0. The minimum atomic E-state index is -0.840. The highest BCUT2D eigenvalue weighted by molar-refractivity contribution is 5.72. The highest BCUT2D eigenvalue weighted by Crippen LogP contribution is 2.38. The number of hydrogen-bond acceptors (Lipinski definition) is 4. The Kier molecular flexibility index (Phi) is 4.35. The summed E-state index contributed by atoms with van der Waals surface area (Å²) in [7, 11) is 0. The summed E-state index contributed by atoms with van der Waals surface area (Å²) < 4.78 is 0. The van der Waals surface area contributed by atoms with Crippen LogP contribution < -0.4 is 0 Å². The van der Waals surface area contributed by atoms with Crippen molar-refractivity contribution in [2.24, 2.45) is 11.3 Å². The Balaban J connectivity index is 2.38. The van der Waals surface area contributed by atoms with Gasteiger partial charge in [-0.3, -0.25) is 4.79 Å². The molecule has 2 aromatic rings. The van der Waals surface area contributed by atoms with Gasteiger partial charge in [0.2, 0.25) is 0 Å². The van der Waals surface area contributed by atoms with E-state index in [2.05, 4.69) is 20.6 Å². The fraction of sp³-hybridized carbons (Fsp3) is 0.467. The number of nitrogens with one attached hydrogen (secondary N) is 1. The van der Waals surface area contributed by atoms with E-state index in [9.17, 15) is 9.90 Å². The molecule has 1 aromatic heterocycles. The summed E-state index contributed by atoms with van der Waals surface area (Å²) in [6, 6.07) is 9.78. The molecule has 6 nitrogen and oxygen atoms in total. The molecule has 0 radical (unpaired) electrons. The Hall–Kier alpha value is -2.24. The average Bonchev–Trinajstić information content (AvgIpc) is 2.90. The van der Waals surface area contributed by atoms with Crippen LogP contribution in [-0.2, 0) is 11.2 Å². The Morgan fingerprint density at radius 1 is 1.29 bits per heavy atom. The van der Waals surface area contributed by atoms with Crippen molar-refractivity contribution in [1.82, 2.24) is 20.6 Å². The molecule has 0 unspecified atom stereocenters. The van der Waals surface area contributed by atoms with Crippen LogP contribution in [0.4, 0.5) is 0 Å². The van der Waals surface area contributed by atoms with Gasteiger partial charge in [-0.05, 0) is 17.4 Å². The van der Waals surface area contributed by atoms with Gasteiger partial charge in [0, 0.05) is 5.92 Å². The zero-order valence-corrected chi connectivity index (χ0v) is 12.4. The van der Waals surface area contributed by atoms with Crippen LogP contribution in [0.25, 0.3) is 0 Å². The van der Waals surface area contributed by atoms with Crippen molar-refractivity contribution >= 4 is 5.97 Å². The lowest BCUT2D eigenvalue weighted by molar-refractivity contribution is -0.146. The molecule has 0 aliphatic heterocycles.